The van der Waals surface area contributed by atoms with Crippen LogP contribution in [0.15, 0.2) is 48.8 Å². The van der Waals surface area contributed by atoms with Gasteiger partial charge in [0.25, 0.3) is 0 Å². The zero-order valence-corrected chi connectivity index (χ0v) is 13.5. The Bertz CT molecular complexity index is 930. The van der Waals surface area contributed by atoms with Crippen LogP contribution in [-0.4, -0.2) is 22.2 Å². The van der Waals surface area contributed by atoms with Crippen molar-refractivity contribution in [3.05, 3.63) is 54.4 Å². The minimum atomic E-state index is -0.405. The second kappa shape index (κ2) is 6.04. The summed E-state index contributed by atoms with van der Waals surface area (Å²) in [7, 11) is 1.56. The van der Waals surface area contributed by atoms with Crippen molar-refractivity contribution in [2.75, 3.05) is 12.5 Å². The molecule has 0 spiro atoms. The molecule has 25 heavy (non-hydrogen) atoms. The molecule has 0 saturated carbocycles. The summed E-state index contributed by atoms with van der Waals surface area (Å²) in [5.41, 5.74) is 16.4. The second-order valence-corrected chi connectivity index (χ2v) is 5.72. The van der Waals surface area contributed by atoms with Crippen molar-refractivity contribution in [2.24, 2.45) is 5.73 Å². The molecule has 3 heterocycles. The van der Waals surface area contributed by atoms with Gasteiger partial charge in [-0.05, 0) is 41.5 Å². The van der Waals surface area contributed by atoms with Crippen LogP contribution in [0.25, 0.3) is 22.4 Å². The molecule has 5 N–H and O–H groups in total. The summed E-state index contributed by atoms with van der Waals surface area (Å²) in [6.07, 6.45) is 3.04. The fourth-order valence-corrected chi connectivity index (χ4v) is 2.95. The van der Waals surface area contributed by atoms with Gasteiger partial charge in [0, 0.05) is 29.6 Å². The number of benzene rings is 1. The number of rotatable bonds is 3. The number of ether oxygens (including phenoxy) is 1. The summed E-state index contributed by atoms with van der Waals surface area (Å²) in [4.78, 5) is 8.69. The molecule has 0 aliphatic carbocycles. The van der Waals surface area contributed by atoms with Crippen LogP contribution in [0.2, 0.25) is 0 Å². The number of anilines is 1. The van der Waals surface area contributed by atoms with E-state index in [1.165, 1.54) is 0 Å². The summed E-state index contributed by atoms with van der Waals surface area (Å²) in [5.74, 6) is 1.36. The van der Waals surface area contributed by atoms with Gasteiger partial charge in [0.2, 0.25) is 0 Å². The Hall–Kier alpha value is -3.16. The van der Waals surface area contributed by atoms with E-state index in [0.717, 1.165) is 27.9 Å². The van der Waals surface area contributed by atoms with Gasteiger partial charge in [0.1, 0.15) is 23.5 Å². The Labute approximate surface area is 144 Å². The molecule has 0 amide bonds. The normalized spacial score (nSPS) is 15.5. The van der Waals surface area contributed by atoms with E-state index >= 15 is 0 Å². The van der Waals surface area contributed by atoms with Crippen LogP contribution in [0.1, 0.15) is 11.7 Å². The molecule has 2 aromatic heterocycles. The third-order valence-corrected chi connectivity index (χ3v) is 4.13. The smallest absolute Gasteiger partial charge is 0.147 e. The largest absolute Gasteiger partial charge is 0.508 e. The van der Waals surface area contributed by atoms with Gasteiger partial charge < -0.3 is 21.0 Å². The van der Waals surface area contributed by atoms with Crippen LogP contribution in [0.3, 0.4) is 0 Å². The molecule has 1 unspecified atom stereocenters. The summed E-state index contributed by atoms with van der Waals surface area (Å²) >= 11 is 0. The molecular formula is C18H17N5O2. The van der Waals surface area contributed by atoms with E-state index in [9.17, 15) is 5.11 Å². The second-order valence-electron chi connectivity index (χ2n) is 5.72. The van der Waals surface area contributed by atoms with Gasteiger partial charge in [0.15, 0.2) is 0 Å². The minimum absolute atomic E-state index is 0.123. The van der Waals surface area contributed by atoms with E-state index in [-0.39, 0.29) is 5.75 Å². The predicted octanol–water partition coefficient (Wildman–Crippen LogP) is 2.41. The number of hydrazine groups is 1. The third kappa shape index (κ3) is 2.75. The number of phenols is 1. The summed E-state index contributed by atoms with van der Waals surface area (Å²) in [6.45, 7) is 0. The number of nitrogens with zero attached hydrogens (tertiary/aromatic N) is 2. The number of hydrogen-bond acceptors (Lipinski definition) is 7. The predicted molar refractivity (Wildman–Crippen MR) is 94.8 cm³/mol. The van der Waals surface area contributed by atoms with E-state index < -0.39 is 6.17 Å². The molecule has 0 bridgehead atoms. The summed E-state index contributed by atoms with van der Waals surface area (Å²) in [6, 6.07) is 10.8. The van der Waals surface area contributed by atoms with Crippen molar-refractivity contribution < 1.29 is 9.84 Å². The molecule has 4 rings (SSSR count). The number of phenolic OH excluding ortho intramolecular Hbond substituents is 1. The molecule has 1 atom stereocenters. The fourth-order valence-electron chi connectivity index (χ4n) is 2.95. The molecule has 0 fully saturated rings. The Balaban J connectivity index is 1.95. The van der Waals surface area contributed by atoms with Crippen molar-refractivity contribution in [3.63, 3.8) is 0 Å². The Morgan fingerprint density at radius 2 is 1.92 bits per heavy atom. The molecule has 0 saturated heterocycles. The Morgan fingerprint density at radius 1 is 1.12 bits per heavy atom. The maximum atomic E-state index is 10.0. The average molecular weight is 335 g/mol. The van der Waals surface area contributed by atoms with Gasteiger partial charge in [-0.1, -0.05) is 0 Å². The van der Waals surface area contributed by atoms with Crippen LogP contribution < -0.4 is 21.3 Å². The van der Waals surface area contributed by atoms with E-state index in [4.69, 9.17) is 10.5 Å². The lowest BCUT2D eigenvalue weighted by atomic mass is 9.97. The number of pyridine rings is 2. The maximum absolute atomic E-state index is 10.0. The van der Waals surface area contributed by atoms with Crippen LogP contribution in [0, 0.1) is 0 Å². The molecular weight excluding hydrogens is 318 g/mol. The van der Waals surface area contributed by atoms with Gasteiger partial charge in [0.05, 0.1) is 12.8 Å². The molecule has 1 aromatic carbocycles. The Kier molecular flexibility index (Phi) is 3.72. The summed E-state index contributed by atoms with van der Waals surface area (Å²) in [5, 5.41) is 10.0. The monoisotopic (exact) mass is 335 g/mol. The van der Waals surface area contributed by atoms with Crippen LogP contribution in [0.4, 0.5) is 5.82 Å². The first-order valence-electron chi connectivity index (χ1n) is 7.76. The quantitative estimate of drug-likeness (QED) is 0.582. The number of nitrogens with one attached hydrogen (secondary N) is 2. The first-order chi connectivity index (χ1) is 12.2. The van der Waals surface area contributed by atoms with Gasteiger partial charge in [-0.2, -0.15) is 0 Å². The van der Waals surface area contributed by atoms with Crippen molar-refractivity contribution >= 4 is 5.82 Å². The van der Waals surface area contributed by atoms with Crippen molar-refractivity contribution in [3.8, 4) is 33.9 Å². The van der Waals surface area contributed by atoms with E-state index in [2.05, 4.69) is 20.8 Å². The van der Waals surface area contributed by atoms with E-state index in [1.54, 1.807) is 31.6 Å². The molecule has 7 nitrogen and oxygen atoms in total. The highest BCUT2D eigenvalue weighted by molar-refractivity contribution is 5.80. The van der Waals surface area contributed by atoms with Gasteiger partial charge in [-0.25, -0.2) is 10.4 Å². The van der Waals surface area contributed by atoms with Crippen LogP contribution in [0.5, 0.6) is 11.5 Å². The topological polar surface area (TPSA) is 105 Å². The SMILES string of the molecule is COc1cc(O)cc(-c2cc(-c3ccncc3)nc3c2C(N)NN3)c1. The number of fused-ring (bicyclic) bond motifs is 1. The molecule has 126 valence electrons. The lowest BCUT2D eigenvalue weighted by molar-refractivity contribution is 0.408. The van der Waals surface area contributed by atoms with Crippen molar-refractivity contribution in [1.29, 1.82) is 0 Å². The third-order valence-electron chi connectivity index (χ3n) is 4.13. The molecule has 0 radical (unpaired) electrons. The lowest BCUT2D eigenvalue weighted by Gasteiger charge is -2.14. The van der Waals surface area contributed by atoms with Gasteiger partial charge >= 0.3 is 0 Å². The zero-order chi connectivity index (χ0) is 17.4. The first kappa shape index (κ1) is 15.4. The van der Waals surface area contributed by atoms with Crippen LogP contribution in [-0.2, 0) is 0 Å². The number of aromatic hydroxyl groups is 1. The number of methoxy groups -OCH3 is 1. The molecule has 1 aliphatic rings. The van der Waals surface area contributed by atoms with Gasteiger partial charge in [-0.3, -0.25) is 4.98 Å². The fraction of sp³-hybridized carbons (Fsp3) is 0.111. The zero-order valence-electron chi connectivity index (χ0n) is 13.5. The minimum Gasteiger partial charge on any atom is -0.508 e. The number of nitrogens with two attached hydrogens (primary N) is 1. The Morgan fingerprint density at radius 3 is 2.68 bits per heavy atom. The number of aromatic nitrogens is 2. The standard InChI is InChI=1S/C18H17N5O2/c1-25-13-7-11(6-12(24)8-13)14-9-15(10-2-4-20-5-3-10)21-18-16(14)17(19)22-23-18/h2-9,17,22,24H,19H2,1H3,(H,21,23). The number of hydrogen-bond donors (Lipinski definition) is 4. The first-order valence-corrected chi connectivity index (χ1v) is 7.76. The summed E-state index contributed by atoms with van der Waals surface area (Å²) < 4.78 is 5.27. The average Bonchev–Trinajstić information content (AvgIpc) is 3.02. The van der Waals surface area contributed by atoms with E-state index in [0.29, 0.717) is 11.6 Å². The molecule has 1 aliphatic heterocycles. The van der Waals surface area contributed by atoms with E-state index in [1.807, 2.05) is 24.3 Å². The highest BCUT2D eigenvalue weighted by Crippen LogP contribution is 2.39. The van der Waals surface area contributed by atoms with Gasteiger partial charge in [-0.15, -0.1) is 0 Å². The lowest BCUT2D eigenvalue weighted by Crippen LogP contribution is -2.25. The highest BCUT2D eigenvalue weighted by atomic mass is 16.5. The van der Waals surface area contributed by atoms with Crippen molar-refractivity contribution in [2.45, 2.75) is 6.17 Å². The maximum Gasteiger partial charge on any atom is 0.147 e. The molecule has 3 aromatic rings. The molecule has 7 heteroatoms. The highest BCUT2D eigenvalue weighted by Gasteiger charge is 2.25. The van der Waals surface area contributed by atoms with Crippen LogP contribution >= 0.6 is 0 Å². The van der Waals surface area contributed by atoms with Crippen molar-refractivity contribution in [1.82, 2.24) is 15.4 Å².